The number of nitrogens with one attached hydrogen (secondary N) is 5. The molecule has 7 atom stereocenters. The molecular formula is C34H67N9O8. The molecule has 5 amide bonds. The van der Waals surface area contributed by atoms with Crippen molar-refractivity contribution in [3.63, 3.8) is 0 Å². The number of amides is 5. The number of aliphatic hydroxyl groups is 1. The van der Waals surface area contributed by atoms with Crippen LogP contribution >= 0.6 is 0 Å². The summed E-state index contributed by atoms with van der Waals surface area (Å²) < 4.78 is 0. The number of carboxylic acids is 1. The van der Waals surface area contributed by atoms with Gasteiger partial charge in [0, 0.05) is 0 Å². The lowest BCUT2D eigenvalue weighted by Crippen LogP contribution is -2.60. The van der Waals surface area contributed by atoms with Crippen molar-refractivity contribution >= 4 is 35.5 Å². The van der Waals surface area contributed by atoms with Crippen molar-refractivity contribution in [3.8, 4) is 0 Å². The zero-order valence-electron chi connectivity index (χ0n) is 31.2. The maximum absolute atomic E-state index is 13.8. The van der Waals surface area contributed by atoms with Gasteiger partial charge in [-0.25, -0.2) is 4.79 Å². The molecule has 0 heterocycles. The Morgan fingerprint density at radius 3 is 1.18 bits per heavy atom. The molecule has 0 aliphatic rings. The van der Waals surface area contributed by atoms with Crippen molar-refractivity contribution in [2.24, 2.45) is 34.8 Å². The predicted octanol–water partition coefficient (Wildman–Crippen LogP) is -1.32. The SMILES string of the molecule is CC(C)C[C@H](NC(=O)[C@H](CCCCN)NC(=O)[C@@H](N)CC(C)C)C(=O)N[C@@H](CCCCN)C(=O)N[C@@H](CCCCN)C(=O)N[C@H](C(=O)O)[C@@H](C)O. The first kappa shape index (κ1) is 47.6. The number of hydrogen-bond acceptors (Lipinski definition) is 11. The van der Waals surface area contributed by atoms with Crippen LogP contribution in [-0.2, 0) is 28.8 Å². The molecule has 0 saturated carbocycles. The molecule has 0 rings (SSSR count). The van der Waals surface area contributed by atoms with Crippen molar-refractivity contribution < 1.29 is 39.0 Å². The van der Waals surface area contributed by atoms with Crippen molar-refractivity contribution in [2.45, 2.75) is 148 Å². The van der Waals surface area contributed by atoms with Crippen LogP contribution in [-0.4, -0.2) is 108 Å². The topological polar surface area (TPSA) is 307 Å². The third-order valence-electron chi connectivity index (χ3n) is 8.19. The molecule has 0 fully saturated rings. The van der Waals surface area contributed by atoms with E-state index in [9.17, 15) is 39.0 Å². The molecule has 0 aromatic heterocycles. The molecule has 0 spiro atoms. The Labute approximate surface area is 302 Å². The average molecular weight is 730 g/mol. The summed E-state index contributed by atoms with van der Waals surface area (Å²) in [6, 6.07) is -6.81. The van der Waals surface area contributed by atoms with Gasteiger partial charge in [0.15, 0.2) is 6.04 Å². The first-order valence-corrected chi connectivity index (χ1v) is 18.3. The summed E-state index contributed by atoms with van der Waals surface area (Å²) in [7, 11) is 0. The molecule has 17 nitrogen and oxygen atoms in total. The second-order valence-corrected chi connectivity index (χ2v) is 14.0. The number of carbonyl (C=O) groups is 6. The van der Waals surface area contributed by atoms with E-state index < -0.39 is 77.9 Å². The summed E-state index contributed by atoms with van der Waals surface area (Å²) in [4.78, 5) is 78.7. The Balaban J connectivity index is 6.20. The van der Waals surface area contributed by atoms with Crippen LogP contribution in [0.15, 0.2) is 0 Å². The van der Waals surface area contributed by atoms with E-state index in [1.54, 1.807) is 0 Å². The van der Waals surface area contributed by atoms with Crippen LogP contribution in [0.2, 0.25) is 0 Å². The lowest BCUT2D eigenvalue weighted by Gasteiger charge is -2.28. The molecule has 0 unspecified atom stereocenters. The number of hydrogen-bond donors (Lipinski definition) is 11. The van der Waals surface area contributed by atoms with E-state index in [2.05, 4.69) is 26.6 Å². The molecule has 15 N–H and O–H groups in total. The highest BCUT2D eigenvalue weighted by Crippen LogP contribution is 2.11. The number of unbranched alkanes of at least 4 members (excludes halogenated alkanes) is 3. The van der Waals surface area contributed by atoms with E-state index in [1.165, 1.54) is 6.92 Å². The quantitative estimate of drug-likeness (QED) is 0.0418. The van der Waals surface area contributed by atoms with Gasteiger partial charge in [-0.3, -0.25) is 24.0 Å². The van der Waals surface area contributed by atoms with E-state index in [-0.39, 0.29) is 37.5 Å². The van der Waals surface area contributed by atoms with Gasteiger partial charge in [-0.15, -0.1) is 0 Å². The summed E-state index contributed by atoms with van der Waals surface area (Å²) in [6.45, 7) is 9.88. The summed E-state index contributed by atoms with van der Waals surface area (Å²) in [6.07, 6.45) is 2.90. The fraction of sp³-hybridized carbons (Fsp3) is 0.824. The van der Waals surface area contributed by atoms with E-state index >= 15 is 0 Å². The van der Waals surface area contributed by atoms with Crippen LogP contribution in [0.4, 0.5) is 0 Å². The third-order valence-corrected chi connectivity index (χ3v) is 8.19. The van der Waals surface area contributed by atoms with Crippen molar-refractivity contribution in [3.05, 3.63) is 0 Å². The largest absolute Gasteiger partial charge is 0.480 e. The molecule has 0 aliphatic heterocycles. The number of aliphatic carboxylic acids is 1. The molecule has 0 aromatic rings. The van der Waals surface area contributed by atoms with Gasteiger partial charge in [0.1, 0.15) is 24.2 Å². The van der Waals surface area contributed by atoms with E-state index in [1.807, 2.05) is 27.7 Å². The van der Waals surface area contributed by atoms with E-state index in [4.69, 9.17) is 22.9 Å². The maximum Gasteiger partial charge on any atom is 0.328 e. The first-order valence-electron chi connectivity index (χ1n) is 18.3. The van der Waals surface area contributed by atoms with Crippen LogP contribution in [0.3, 0.4) is 0 Å². The number of nitrogens with two attached hydrogens (primary N) is 4. The standard InChI is InChI=1S/C34H67N9O8/c1-20(2)18-23(38)29(45)39-24(12-6-9-15-35)31(47)42-27(19-21(3)4)33(49)41-25(13-7-10-16-36)30(46)40-26(14-8-11-17-37)32(48)43-28(22(5)44)34(50)51/h20-28,44H,6-19,35-38H2,1-5H3,(H,39,45)(H,40,46)(H,41,49)(H,42,47)(H,43,48)(H,50,51)/t22-,23+,24+,25+,26+,27+,28+/m1/s1. The normalized spacial score (nSPS) is 15.5. The molecule has 17 heteroatoms. The zero-order valence-corrected chi connectivity index (χ0v) is 31.2. The monoisotopic (exact) mass is 730 g/mol. The van der Waals surface area contributed by atoms with Gasteiger partial charge in [0.2, 0.25) is 29.5 Å². The summed E-state index contributed by atoms with van der Waals surface area (Å²) in [5.41, 5.74) is 23.0. The van der Waals surface area contributed by atoms with Gasteiger partial charge in [-0.05, 0) is 109 Å². The fourth-order valence-electron chi connectivity index (χ4n) is 5.34. The van der Waals surface area contributed by atoms with E-state index in [0.29, 0.717) is 64.6 Å². The van der Waals surface area contributed by atoms with Gasteiger partial charge >= 0.3 is 5.97 Å². The highest BCUT2D eigenvalue weighted by Gasteiger charge is 2.33. The molecule has 0 aromatic carbocycles. The van der Waals surface area contributed by atoms with Crippen molar-refractivity contribution in [2.75, 3.05) is 19.6 Å². The highest BCUT2D eigenvalue weighted by atomic mass is 16.4. The molecule has 0 radical (unpaired) electrons. The number of aliphatic hydroxyl groups excluding tert-OH is 1. The molecule has 0 bridgehead atoms. The van der Waals surface area contributed by atoms with Crippen LogP contribution < -0.4 is 49.5 Å². The molecule has 296 valence electrons. The Morgan fingerprint density at radius 1 is 0.510 bits per heavy atom. The molecule has 0 saturated heterocycles. The number of carboxylic acid groups (broad SMARTS) is 1. The first-order chi connectivity index (χ1) is 24.0. The number of rotatable bonds is 28. The maximum atomic E-state index is 13.8. The van der Waals surface area contributed by atoms with Gasteiger partial charge < -0.3 is 59.7 Å². The van der Waals surface area contributed by atoms with Crippen molar-refractivity contribution in [1.82, 2.24) is 26.6 Å². The Morgan fingerprint density at radius 2 is 0.843 bits per heavy atom. The number of carbonyl (C=O) groups excluding carboxylic acids is 5. The van der Waals surface area contributed by atoms with Gasteiger partial charge in [0.05, 0.1) is 12.1 Å². The third kappa shape index (κ3) is 20.3. The van der Waals surface area contributed by atoms with Gasteiger partial charge in [-0.1, -0.05) is 27.7 Å². The zero-order chi connectivity index (χ0) is 39.1. The summed E-state index contributed by atoms with van der Waals surface area (Å²) in [5, 5.41) is 32.4. The average Bonchev–Trinajstić information content (AvgIpc) is 3.04. The van der Waals surface area contributed by atoms with Gasteiger partial charge in [-0.2, -0.15) is 0 Å². The highest BCUT2D eigenvalue weighted by molar-refractivity contribution is 5.96. The summed E-state index contributed by atoms with van der Waals surface area (Å²) in [5.74, 6) is -4.56. The minimum absolute atomic E-state index is 0.0537. The second kappa shape index (κ2) is 26.4. The Hall–Kier alpha value is -3.38. The van der Waals surface area contributed by atoms with E-state index in [0.717, 1.165) is 0 Å². The molecule has 0 aliphatic carbocycles. The minimum atomic E-state index is -1.61. The molecule has 51 heavy (non-hydrogen) atoms. The lowest BCUT2D eigenvalue weighted by atomic mass is 10.00. The second-order valence-electron chi connectivity index (χ2n) is 14.0. The minimum Gasteiger partial charge on any atom is -0.480 e. The summed E-state index contributed by atoms with van der Waals surface area (Å²) >= 11 is 0. The van der Waals surface area contributed by atoms with Gasteiger partial charge in [0.25, 0.3) is 0 Å². The smallest absolute Gasteiger partial charge is 0.328 e. The predicted molar refractivity (Wildman–Crippen MR) is 195 cm³/mol. The van der Waals surface area contributed by atoms with Crippen LogP contribution in [0.5, 0.6) is 0 Å². The fourth-order valence-corrected chi connectivity index (χ4v) is 5.34. The molecular weight excluding hydrogens is 662 g/mol. The Bertz CT molecular complexity index is 1080. The van der Waals surface area contributed by atoms with Crippen LogP contribution in [0.25, 0.3) is 0 Å². The van der Waals surface area contributed by atoms with Crippen LogP contribution in [0, 0.1) is 11.8 Å². The van der Waals surface area contributed by atoms with Crippen molar-refractivity contribution in [1.29, 1.82) is 0 Å². The Kier molecular flexibility index (Phi) is 24.7. The van der Waals surface area contributed by atoms with Crippen LogP contribution in [0.1, 0.15) is 105 Å². The lowest BCUT2D eigenvalue weighted by molar-refractivity contribution is -0.145.